The van der Waals surface area contributed by atoms with Crippen LogP contribution in [0.2, 0.25) is 0 Å². The van der Waals surface area contributed by atoms with E-state index in [1.165, 1.54) is 4.90 Å². The second kappa shape index (κ2) is 7.23. The predicted molar refractivity (Wildman–Crippen MR) is 59.2 cm³/mol. The van der Waals surface area contributed by atoms with E-state index in [2.05, 4.69) is 5.32 Å². The first-order valence-electron chi connectivity index (χ1n) is 5.19. The zero-order valence-corrected chi connectivity index (χ0v) is 9.75. The van der Waals surface area contributed by atoms with Gasteiger partial charge in [0, 0.05) is 20.5 Å². The number of unbranched alkanes of at least 4 members (excludes halogenated alkanes) is 1. The average Bonchev–Trinajstić information content (AvgIpc) is 2.16. The molecule has 15 heavy (non-hydrogen) atoms. The van der Waals surface area contributed by atoms with Crippen LogP contribution in [0.5, 0.6) is 0 Å². The minimum atomic E-state index is -0.453. The summed E-state index contributed by atoms with van der Waals surface area (Å²) in [4.78, 5) is 24.2. The van der Waals surface area contributed by atoms with E-state index in [-0.39, 0.29) is 11.8 Å². The van der Waals surface area contributed by atoms with Gasteiger partial charge in [-0.3, -0.25) is 9.59 Å². The van der Waals surface area contributed by atoms with Crippen LogP contribution < -0.4 is 11.1 Å². The standard InChI is InChI=1S/C10H21N3O2/c1-8(10(15)13(2)3)12-9(14)6-4-5-7-11/h8H,4-7,11H2,1-3H3,(H,12,14). The number of likely N-dealkylation sites (N-methyl/N-ethyl adjacent to an activating group) is 1. The summed E-state index contributed by atoms with van der Waals surface area (Å²) in [6.45, 7) is 2.28. The minimum absolute atomic E-state index is 0.0915. The van der Waals surface area contributed by atoms with Gasteiger partial charge in [0.15, 0.2) is 0 Å². The molecule has 0 aromatic carbocycles. The van der Waals surface area contributed by atoms with Crippen molar-refractivity contribution in [3.63, 3.8) is 0 Å². The van der Waals surface area contributed by atoms with Gasteiger partial charge in [-0.1, -0.05) is 0 Å². The van der Waals surface area contributed by atoms with Gasteiger partial charge in [0.05, 0.1) is 0 Å². The summed E-state index contributed by atoms with van der Waals surface area (Å²) in [5.41, 5.74) is 5.31. The van der Waals surface area contributed by atoms with E-state index in [0.717, 1.165) is 12.8 Å². The number of nitrogens with zero attached hydrogens (tertiary/aromatic N) is 1. The zero-order valence-electron chi connectivity index (χ0n) is 9.75. The Morgan fingerprint density at radius 3 is 2.40 bits per heavy atom. The molecule has 0 aliphatic heterocycles. The van der Waals surface area contributed by atoms with Gasteiger partial charge in [-0.05, 0) is 26.3 Å². The highest BCUT2D eigenvalue weighted by Crippen LogP contribution is 1.95. The van der Waals surface area contributed by atoms with Crippen molar-refractivity contribution in [2.75, 3.05) is 20.6 Å². The molecule has 0 bridgehead atoms. The fourth-order valence-electron chi connectivity index (χ4n) is 1.19. The van der Waals surface area contributed by atoms with Crippen molar-refractivity contribution in [1.29, 1.82) is 0 Å². The maximum absolute atomic E-state index is 11.4. The third-order valence-electron chi connectivity index (χ3n) is 2.05. The number of carbonyl (C=O) groups is 2. The van der Waals surface area contributed by atoms with Gasteiger partial charge in [0.1, 0.15) is 6.04 Å². The first kappa shape index (κ1) is 13.9. The molecule has 0 radical (unpaired) electrons. The summed E-state index contributed by atoms with van der Waals surface area (Å²) in [5.74, 6) is -0.187. The Balaban J connectivity index is 3.81. The zero-order chi connectivity index (χ0) is 11.8. The van der Waals surface area contributed by atoms with Crippen LogP contribution in [0.1, 0.15) is 26.2 Å². The van der Waals surface area contributed by atoms with E-state index in [0.29, 0.717) is 13.0 Å². The molecule has 0 saturated carbocycles. The summed E-state index contributed by atoms with van der Waals surface area (Å²) < 4.78 is 0. The molecule has 0 heterocycles. The molecule has 0 spiro atoms. The third kappa shape index (κ3) is 6.06. The van der Waals surface area contributed by atoms with Crippen LogP contribution in [0.4, 0.5) is 0 Å². The van der Waals surface area contributed by atoms with Gasteiger partial charge in [0.25, 0.3) is 0 Å². The lowest BCUT2D eigenvalue weighted by Gasteiger charge is -2.17. The SMILES string of the molecule is CC(NC(=O)CCCCN)C(=O)N(C)C. The molecule has 0 aliphatic rings. The van der Waals surface area contributed by atoms with E-state index in [4.69, 9.17) is 5.73 Å². The highest BCUT2D eigenvalue weighted by atomic mass is 16.2. The molecule has 2 amide bonds. The van der Waals surface area contributed by atoms with Crippen molar-refractivity contribution >= 4 is 11.8 Å². The number of nitrogens with one attached hydrogen (secondary N) is 1. The van der Waals surface area contributed by atoms with Crippen molar-refractivity contribution in [2.45, 2.75) is 32.2 Å². The molecule has 3 N–H and O–H groups in total. The molecule has 0 aliphatic carbocycles. The smallest absolute Gasteiger partial charge is 0.244 e. The lowest BCUT2D eigenvalue weighted by molar-refractivity contribution is -0.133. The van der Waals surface area contributed by atoms with E-state index in [1.54, 1.807) is 21.0 Å². The summed E-state index contributed by atoms with van der Waals surface area (Å²) in [6.07, 6.45) is 2.04. The van der Waals surface area contributed by atoms with Gasteiger partial charge < -0.3 is 16.0 Å². The summed E-state index contributed by atoms with van der Waals surface area (Å²) in [5, 5.41) is 2.65. The fourth-order valence-corrected chi connectivity index (χ4v) is 1.19. The van der Waals surface area contributed by atoms with Crippen LogP contribution in [0.3, 0.4) is 0 Å². The van der Waals surface area contributed by atoms with Crippen molar-refractivity contribution in [1.82, 2.24) is 10.2 Å². The normalized spacial score (nSPS) is 12.0. The second-order valence-corrected chi connectivity index (χ2v) is 3.77. The molecular weight excluding hydrogens is 194 g/mol. The maximum atomic E-state index is 11.4. The molecule has 0 aromatic heterocycles. The van der Waals surface area contributed by atoms with Gasteiger partial charge in [-0.25, -0.2) is 0 Å². The van der Waals surface area contributed by atoms with E-state index < -0.39 is 6.04 Å². The first-order chi connectivity index (χ1) is 6.99. The number of nitrogens with two attached hydrogens (primary N) is 1. The highest BCUT2D eigenvalue weighted by Gasteiger charge is 2.16. The Labute approximate surface area is 91.0 Å². The Morgan fingerprint density at radius 1 is 1.33 bits per heavy atom. The molecule has 0 rings (SSSR count). The van der Waals surface area contributed by atoms with Crippen LogP contribution in [-0.2, 0) is 9.59 Å². The minimum Gasteiger partial charge on any atom is -0.347 e. The average molecular weight is 215 g/mol. The van der Waals surface area contributed by atoms with E-state index in [1.807, 2.05) is 0 Å². The van der Waals surface area contributed by atoms with Crippen LogP contribution >= 0.6 is 0 Å². The Morgan fingerprint density at radius 2 is 1.93 bits per heavy atom. The summed E-state index contributed by atoms with van der Waals surface area (Å²) in [6, 6.07) is -0.453. The van der Waals surface area contributed by atoms with Crippen LogP contribution in [0.15, 0.2) is 0 Å². The molecular formula is C10H21N3O2. The Kier molecular flexibility index (Phi) is 6.70. The molecule has 88 valence electrons. The van der Waals surface area contributed by atoms with E-state index >= 15 is 0 Å². The van der Waals surface area contributed by atoms with Gasteiger partial charge in [0.2, 0.25) is 11.8 Å². The van der Waals surface area contributed by atoms with Crippen LogP contribution in [0.25, 0.3) is 0 Å². The molecule has 5 nitrogen and oxygen atoms in total. The number of rotatable bonds is 6. The van der Waals surface area contributed by atoms with Crippen LogP contribution in [0, 0.1) is 0 Å². The van der Waals surface area contributed by atoms with Crippen molar-refractivity contribution < 1.29 is 9.59 Å². The van der Waals surface area contributed by atoms with Gasteiger partial charge >= 0.3 is 0 Å². The molecule has 0 fully saturated rings. The third-order valence-corrected chi connectivity index (χ3v) is 2.05. The van der Waals surface area contributed by atoms with Crippen molar-refractivity contribution in [3.8, 4) is 0 Å². The first-order valence-corrected chi connectivity index (χ1v) is 5.19. The molecule has 0 saturated heterocycles. The number of hydrogen-bond donors (Lipinski definition) is 2. The lowest BCUT2D eigenvalue weighted by atomic mass is 10.2. The highest BCUT2D eigenvalue weighted by molar-refractivity contribution is 5.86. The topological polar surface area (TPSA) is 75.4 Å². The summed E-state index contributed by atoms with van der Waals surface area (Å²) in [7, 11) is 3.33. The summed E-state index contributed by atoms with van der Waals surface area (Å²) >= 11 is 0. The van der Waals surface area contributed by atoms with Crippen LogP contribution in [-0.4, -0.2) is 43.4 Å². The molecule has 5 heteroatoms. The fraction of sp³-hybridized carbons (Fsp3) is 0.800. The molecule has 1 atom stereocenters. The predicted octanol–water partition coefficient (Wildman–Crippen LogP) is -0.292. The monoisotopic (exact) mass is 215 g/mol. The number of hydrogen-bond acceptors (Lipinski definition) is 3. The second-order valence-electron chi connectivity index (χ2n) is 3.77. The quantitative estimate of drug-likeness (QED) is 0.598. The largest absolute Gasteiger partial charge is 0.347 e. The Hall–Kier alpha value is -1.10. The van der Waals surface area contributed by atoms with Gasteiger partial charge in [-0.15, -0.1) is 0 Å². The Bertz CT molecular complexity index is 217. The van der Waals surface area contributed by atoms with E-state index in [9.17, 15) is 9.59 Å². The molecule has 0 aromatic rings. The van der Waals surface area contributed by atoms with Crippen molar-refractivity contribution in [2.24, 2.45) is 5.73 Å². The molecule has 1 unspecified atom stereocenters. The number of amides is 2. The maximum Gasteiger partial charge on any atom is 0.244 e. The van der Waals surface area contributed by atoms with Crippen molar-refractivity contribution in [3.05, 3.63) is 0 Å². The van der Waals surface area contributed by atoms with Gasteiger partial charge in [-0.2, -0.15) is 0 Å². The lowest BCUT2D eigenvalue weighted by Crippen LogP contribution is -2.44. The number of carbonyl (C=O) groups excluding carboxylic acids is 2.